The lowest BCUT2D eigenvalue weighted by molar-refractivity contribution is -0.136. The van der Waals surface area contributed by atoms with Crippen molar-refractivity contribution in [2.75, 3.05) is 52.4 Å². The topological polar surface area (TPSA) is 31.4 Å². The van der Waals surface area contributed by atoms with Crippen LogP contribution in [0.5, 0.6) is 0 Å². The molecule has 8 atom stereocenters. The molecule has 256 valence electrons. The van der Waals surface area contributed by atoms with E-state index in [1.54, 1.807) is 0 Å². The van der Waals surface area contributed by atoms with Gasteiger partial charge in [0.1, 0.15) is 0 Å². The minimum Gasteiger partial charge on any atom is -0.374 e. The minimum absolute atomic E-state index is 0.0786. The third kappa shape index (κ3) is 8.81. The molecule has 0 radical (unpaired) electrons. The SMILES string of the molecule is CC(C)(C)CN1CC2CC(C1)N2CC1CCN(C(C)(C)C)CC1C1CN(C(C)(C)C)CCC1O[C@@H]1CC[C@@H](OC(C)(C)C)C1. The first-order chi connectivity index (χ1) is 20.2. The zero-order valence-corrected chi connectivity index (χ0v) is 31.1. The summed E-state index contributed by atoms with van der Waals surface area (Å²) >= 11 is 0. The molecule has 0 spiro atoms. The first-order valence-electron chi connectivity index (χ1n) is 18.6. The Labute approximate surface area is 272 Å². The molecule has 0 aromatic rings. The van der Waals surface area contributed by atoms with Gasteiger partial charge in [-0.1, -0.05) is 20.8 Å². The lowest BCUT2D eigenvalue weighted by Gasteiger charge is -2.60. The standard InChI is InChI=1S/C38H72N4O2/c1-35(2,3)26-39-22-28-19-29(23-39)42(28)21-27-15-17-40(36(4,5)6)24-32(27)33-25-41(37(7,8)9)18-16-34(33)43-30-13-14-31(20-30)44-38(10,11)12/h27-34H,13-26H2,1-12H3/t27?,28?,29?,30-,31-,32?,33?,34?/m1/s1. The molecule has 5 saturated heterocycles. The maximum atomic E-state index is 7.23. The maximum Gasteiger partial charge on any atom is 0.0634 e. The average molecular weight is 617 g/mol. The van der Waals surface area contributed by atoms with Crippen molar-refractivity contribution in [1.29, 1.82) is 0 Å². The van der Waals surface area contributed by atoms with E-state index in [0.717, 1.165) is 43.8 Å². The highest BCUT2D eigenvalue weighted by molar-refractivity contribution is 5.04. The van der Waals surface area contributed by atoms with Crippen LogP contribution in [-0.4, -0.2) is 119 Å². The van der Waals surface area contributed by atoms with Crippen LogP contribution < -0.4 is 0 Å². The van der Waals surface area contributed by atoms with Crippen molar-refractivity contribution in [3.8, 4) is 0 Å². The lowest BCUT2D eigenvalue weighted by atomic mass is 9.70. The fourth-order valence-corrected chi connectivity index (χ4v) is 9.52. The largest absolute Gasteiger partial charge is 0.374 e. The number of hydrogen-bond donors (Lipinski definition) is 0. The summed E-state index contributed by atoms with van der Waals surface area (Å²) in [5.41, 5.74) is 0.709. The van der Waals surface area contributed by atoms with Gasteiger partial charge in [-0.2, -0.15) is 0 Å². The molecule has 1 aliphatic carbocycles. The van der Waals surface area contributed by atoms with E-state index < -0.39 is 0 Å². The van der Waals surface area contributed by atoms with Gasteiger partial charge in [0.2, 0.25) is 0 Å². The van der Waals surface area contributed by atoms with E-state index in [4.69, 9.17) is 9.47 Å². The number of nitrogens with zero attached hydrogens (tertiary/aromatic N) is 4. The zero-order chi connectivity index (χ0) is 32.2. The summed E-state index contributed by atoms with van der Waals surface area (Å²) < 4.78 is 13.6. The van der Waals surface area contributed by atoms with E-state index in [1.165, 1.54) is 65.1 Å². The van der Waals surface area contributed by atoms with E-state index in [2.05, 4.69) is 103 Å². The number of piperidine rings is 3. The molecule has 6 fully saturated rings. The Morgan fingerprint density at radius 3 is 1.75 bits per heavy atom. The Hall–Kier alpha value is -0.240. The lowest BCUT2D eigenvalue weighted by Crippen LogP contribution is -2.70. The number of fused-ring (bicyclic) bond motifs is 2. The van der Waals surface area contributed by atoms with Crippen LogP contribution in [-0.2, 0) is 9.47 Å². The molecule has 0 aromatic heterocycles. The molecule has 0 N–H and O–H groups in total. The Balaban J connectivity index is 1.33. The van der Waals surface area contributed by atoms with Crippen molar-refractivity contribution in [3.05, 3.63) is 0 Å². The zero-order valence-electron chi connectivity index (χ0n) is 31.1. The molecule has 6 unspecified atom stereocenters. The Kier molecular flexibility index (Phi) is 10.4. The van der Waals surface area contributed by atoms with Gasteiger partial charge in [0.05, 0.1) is 23.9 Å². The molecule has 44 heavy (non-hydrogen) atoms. The predicted molar refractivity (Wildman–Crippen MR) is 184 cm³/mol. The number of hydrogen-bond acceptors (Lipinski definition) is 6. The third-order valence-electron chi connectivity index (χ3n) is 11.6. The smallest absolute Gasteiger partial charge is 0.0634 e. The summed E-state index contributed by atoms with van der Waals surface area (Å²) in [4.78, 5) is 11.3. The summed E-state index contributed by atoms with van der Waals surface area (Å²) in [5, 5.41) is 0. The number of rotatable bonds is 7. The van der Waals surface area contributed by atoms with Gasteiger partial charge in [-0.05, 0) is 125 Å². The normalized spacial score (nSPS) is 37.4. The predicted octanol–water partition coefficient (Wildman–Crippen LogP) is 6.77. The van der Waals surface area contributed by atoms with E-state index in [9.17, 15) is 0 Å². The monoisotopic (exact) mass is 617 g/mol. The van der Waals surface area contributed by atoms with Gasteiger partial charge in [-0.25, -0.2) is 0 Å². The molecule has 6 heteroatoms. The minimum atomic E-state index is -0.0786. The van der Waals surface area contributed by atoms with Gasteiger partial charge in [0.15, 0.2) is 0 Å². The molecule has 1 saturated carbocycles. The summed E-state index contributed by atoms with van der Waals surface area (Å²) in [6, 6.07) is 1.53. The van der Waals surface area contributed by atoms with Gasteiger partial charge in [-0.3, -0.25) is 19.6 Å². The van der Waals surface area contributed by atoms with Crippen LogP contribution in [0.3, 0.4) is 0 Å². The second-order valence-electron chi connectivity index (χ2n) is 19.9. The van der Waals surface area contributed by atoms with Gasteiger partial charge in [0, 0.05) is 74.9 Å². The molecular weight excluding hydrogens is 544 g/mol. The van der Waals surface area contributed by atoms with E-state index in [0.29, 0.717) is 35.6 Å². The second kappa shape index (κ2) is 13.0. The highest BCUT2D eigenvalue weighted by Gasteiger charge is 2.50. The molecule has 6 aliphatic rings. The van der Waals surface area contributed by atoms with Gasteiger partial charge in [0.25, 0.3) is 0 Å². The average Bonchev–Trinajstić information content (AvgIpc) is 3.30. The first kappa shape index (κ1) is 35.1. The van der Waals surface area contributed by atoms with Crippen LogP contribution in [0.15, 0.2) is 0 Å². The van der Waals surface area contributed by atoms with Gasteiger partial charge < -0.3 is 9.47 Å². The van der Waals surface area contributed by atoms with E-state index in [-0.39, 0.29) is 16.7 Å². The molecule has 6 nitrogen and oxygen atoms in total. The van der Waals surface area contributed by atoms with E-state index in [1.807, 2.05) is 0 Å². The quantitative estimate of drug-likeness (QED) is 0.314. The van der Waals surface area contributed by atoms with Crippen LogP contribution in [0.4, 0.5) is 0 Å². The van der Waals surface area contributed by atoms with Crippen LogP contribution >= 0.6 is 0 Å². The second-order valence-corrected chi connectivity index (χ2v) is 19.9. The molecule has 0 amide bonds. The number of ether oxygens (including phenoxy) is 2. The van der Waals surface area contributed by atoms with Crippen LogP contribution in [0.25, 0.3) is 0 Å². The first-order valence-corrected chi connectivity index (χ1v) is 18.6. The van der Waals surface area contributed by atoms with Gasteiger partial charge >= 0.3 is 0 Å². The summed E-state index contributed by atoms with van der Waals surface area (Å²) in [6.07, 6.45) is 8.31. The summed E-state index contributed by atoms with van der Waals surface area (Å²) in [5.74, 6) is 2.01. The fourth-order valence-electron chi connectivity index (χ4n) is 9.52. The van der Waals surface area contributed by atoms with Crippen molar-refractivity contribution in [1.82, 2.24) is 19.6 Å². The molecule has 5 aliphatic heterocycles. The van der Waals surface area contributed by atoms with Crippen LogP contribution in [0.1, 0.15) is 122 Å². The highest BCUT2D eigenvalue weighted by Crippen LogP contribution is 2.43. The van der Waals surface area contributed by atoms with Crippen molar-refractivity contribution < 1.29 is 9.47 Å². The van der Waals surface area contributed by atoms with Crippen molar-refractivity contribution in [2.45, 2.75) is 169 Å². The number of likely N-dealkylation sites (tertiary alicyclic amines) is 2. The maximum absolute atomic E-state index is 7.23. The van der Waals surface area contributed by atoms with Crippen molar-refractivity contribution >= 4 is 0 Å². The van der Waals surface area contributed by atoms with Crippen molar-refractivity contribution in [2.24, 2.45) is 23.2 Å². The van der Waals surface area contributed by atoms with Crippen molar-refractivity contribution in [3.63, 3.8) is 0 Å². The van der Waals surface area contributed by atoms with E-state index >= 15 is 0 Å². The number of piperazine rings is 1. The third-order valence-corrected chi connectivity index (χ3v) is 11.6. The molecule has 0 aromatic carbocycles. The molecule has 5 heterocycles. The Morgan fingerprint density at radius 1 is 0.614 bits per heavy atom. The summed E-state index contributed by atoms with van der Waals surface area (Å²) in [7, 11) is 0. The molecule has 6 rings (SSSR count). The van der Waals surface area contributed by atoms with Gasteiger partial charge in [-0.15, -0.1) is 0 Å². The Morgan fingerprint density at radius 2 is 1.18 bits per heavy atom. The fraction of sp³-hybridized carbons (Fsp3) is 1.00. The summed E-state index contributed by atoms with van der Waals surface area (Å²) in [6.45, 7) is 38.1. The molecule has 2 bridgehead atoms. The van der Waals surface area contributed by atoms with Crippen LogP contribution in [0, 0.1) is 23.2 Å². The van der Waals surface area contributed by atoms with Crippen LogP contribution in [0.2, 0.25) is 0 Å². The Bertz CT molecular complexity index is 930. The highest BCUT2D eigenvalue weighted by atomic mass is 16.5. The molecular formula is C38H72N4O2.